The summed E-state index contributed by atoms with van der Waals surface area (Å²) in [6, 6.07) is 17.1. The molecule has 2 atom stereocenters. The molecule has 1 fully saturated rings. The molecule has 0 spiro atoms. The van der Waals surface area contributed by atoms with Gasteiger partial charge in [-0.25, -0.2) is 0 Å². The molecule has 2 nitrogen and oxygen atoms in total. The van der Waals surface area contributed by atoms with Crippen LogP contribution < -0.4 is 0 Å². The van der Waals surface area contributed by atoms with E-state index < -0.39 is 31.6 Å². The molecule has 0 saturated heterocycles. The van der Waals surface area contributed by atoms with Crippen molar-refractivity contribution < 1.29 is 22.7 Å². The van der Waals surface area contributed by atoms with Crippen LogP contribution in [0.1, 0.15) is 17.5 Å². The van der Waals surface area contributed by atoms with Crippen molar-refractivity contribution in [2.75, 3.05) is 0 Å². The Labute approximate surface area is 152 Å². The minimum Gasteiger partial charge on any atom is -0.403 e. The molecule has 140 valence electrons. The van der Waals surface area contributed by atoms with E-state index in [-0.39, 0.29) is 6.42 Å². The van der Waals surface area contributed by atoms with E-state index >= 15 is 0 Å². The first-order valence-corrected chi connectivity index (χ1v) is 12.0. The van der Waals surface area contributed by atoms with Crippen molar-refractivity contribution in [3.8, 4) is 0 Å². The average molecular weight is 380 g/mol. The number of hydrogen-bond donors (Lipinski definition) is 1. The highest BCUT2D eigenvalue weighted by Gasteiger charge is 2.78. The smallest absolute Gasteiger partial charge is 0.403 e. The normalized spacial score (nSPS) is 23.7. The van der Waals surface area contributed by atoms with Gasteiger partial charge in [-0.3, -0.25) is 0 Å². The first-order chi connectivity index (χ1) is 12.0. The first kappa shape index (κ1) is 19.1. The van der Waals surface area contributed by atoms with E-state index in [0.29, 0.717) is 11.1 Å². The summed E-state index contributed by atoms with van der Waals surface area (Å²) in [5.74, 6) is -1.09. The van der Waals surface area contributed by atoms with Crippen LogP contribution in [0.15, 0.2) is 60.7 Å². The highest BCUT2D eigenvalue weighted by atomic mass is 28.4. The molecule has 1 saturated carbocycles. The average Bonchev–Trinajstić information content (AvgIpc) is 3.30. The van der Waals surface area contributed by atoms with Gasteiger partial charge in [0.25, 0.3) is 0 Å². The minimum absolute atomic E-state index is 0.249. The molecule has 1 aliphatic rings. The molecule has 0 aliphatic heterocycles. The van der Waals surface area contributed by atoms with Crippen molar-refractivity contribution in [2.45, 2.75) is 43.4 Å². The second-order valence-electron chi connectivity index (χ2n) is 7.86. The maximum atomic E-state index is 14.0. The van der Waals surface area contributed by atoms with E-state index in [4.69, 9.17) is 4.43 Å². The van der Waals surface area contributed by atoms with Crippen LogP contribution in [0.3, 0.4) is 0 Å². The molecule has 0 radical (unpaired) electrons. The van der Waals surface area contributed by atoms with E-state index in [1.165, 1.54) is 0 Å². The molecule has 6 heteroatoms. The standard InChI is InChI=1S/C20H23F3O2Si/c1-26(2,3)25-18(20(21,22)23)14-17(18)19(24,15-10-6-4-7-11-15)16-12-8-5-9-13-16/h4-13,17,24H,14H2,1-3H3. The van der Waals surface area contributed by atoms with E-state index in [1.807, 2.05) is 0 Å². The second kappa shape index (κ2) is 6.22. The topological polar surface area (TPSA) is 29.5 Å². The SMILES string of the molecule is C[Si](C)(C)OC1(C(F)(F)F)CC1C(O)(c1ccccc1)c1ccccc1. The van der Waals surface area contributed by atoms with Gasteiger partial charge in [-0.15, -0.1) is 0 Å². The first-order valence-electron chi connectivity index (χ1n) is 8.61. The van der Waals surface area contributed by atoms with Gasteiger partial charge in [0.15, 0.2) is 13.9 Å². The third kappa shape index (κ3) is 3.21. The third-order valence-corrected chi connectivity index (χ3v) is 5.79. The minimum atomic E-state index is -4.55. The van der Waals surface area contributed by atoms with Crippen LogP contribution in [0.25, 0.3) is 0 Å². The van der Waals surface area contributed by atoms with Crippen LogP contribution in [0.2, 0.25) is 19.6 Å². The number of halogens is 3. The lowest BCUT2D eigenvalue weighted by molar-refractivity contribution is -0.224. The molecule has 0 bridgehead atoms. The van der Waals surface area contributed by atoms with Crippen molar-refractivity contribution in [3.05, 3.63) is 71.8 Å². The number of alkyl halides is 3. The Morgan fingerprint density at radius 2 is 1.35 bits per heavy atom. The Morgan fingerprint density at radius 3 is 1.69 bits per heavy atom. The summed E-state index contributed by atoms with van der Waals surface area (Å²) in [6.07, 6.45) is -4.80. The van der Waals surface area contributed by atoms with Gasteiger partial charge < -0.3 is 9.53 Å². The highest BCUT2D eigenvalue weighted by Crippen LogP contribution is 2.65. The Bertz CT molecular complexity index is 717. The Balaban J connectivity index is 2.13. The second-order valence-corrected chi connectivity index (χ2v) is 12.3. The van der Waals surface area contributed by atoms with E-state index in [9.17, 15) is 18.3 Å². The third-order valence-electron chi connectivity index (χ3n) is 4.81. The molecular weight excluding hydrogens is 357 g/mol. The lowest BCUT2D eigenvalue weighted by atomic mass is 9.80. The van der Waals surface area contributed by atoms with Crippen molar-refractivity contribution >= 4 is 8.32 Å². The quantitative estimate of drug-likeness (QED) is 0.732. The van der Waals surface area contributed by atoms with Crippen molar-refractivity contribution in [2.24, 2.45) is 5.92 Å². The Kier molecular flexibility index (Phi) is 4.58. The molecule has 26 heavy (non-hydrogen) atoms. The number of rotatable bonds is 5. The van der Waals surface area contributed by atoms with Crippen LogP contribution in [0, 0.1) is 5.92 Å². The Hall–Kier alpha value is -1.63. The zero-order chi connectivity index (χ0) is 19.2. The van der Waals surface area contributed by atoms with E-state index in [1.54, 1.807) is 80.3 Å². The van der Waals surface area contributed by atoms with Gasteiger partial charge in [-0.2, -0.15) is 13.2 Å². The predicted molar refractivity (Wildman–Crippen MR) is 97.2 cm³/mol. The van der Waals surface area contributed by atoms with Gasteiger partial charge in [-0.05, 0) is 37.2 Å². The van der Waals surface area contributed by atoms with E-state index in [2.05, 4.69) is 0 Å². The molecule has 1 N–H and O–H groups in total. The van der Waals surface area contributed by atoms with E-state index in [0.717, 1.165) is 0 Å². The van der Waals surface area contributed by atoms with Crippen molar-refractivity contribution in [1.29, 1.82) is 0 Å². The predicted octanol–water partition coefficient (Wildman–Crippen LogP) is 5.10. The molecule has 1 aliphatic carbocycles. The van der Waals surface area contributed by atoms with Crippen LogP contribution in [-0.4, -0.2) is 25.2 Å². The zero-order valence-electron chi connectivity index (χ0n) is 15.0. The maximum absolute atomic E-state index is 14.0. The highest BCUT2D eigenvalue weighted by molar-refractivity contribution is 6.69. The fourth-order valence-electron chi connectivity index (χ4n) is 3.71. The summed E-state index contributed by atoms with van der Waals surface area (Å²) in [7, 11) is -2.49. The van der Waals surface area contributed by atoms with Crippen LogP contribution in [0.5, 0.6) is 0 Å². The number of hydrogen-bond acceptors (Lipinski definition) is 2. The van der Waals surface area contributed by atoms with Gasteiger partial charge in [0.05, 0.1) is 0 Å². The zero-order valence-corrected chi connectivity index (χ0v) is 16.0. The van der Waals surface area contributed by atoms with Crippen LogP contribution in [-0.2, 0) is 10.0 Å². The molecule has 2 unspecified atom stereocenters. The fourth-order valence-corrected chi connectivity index (χ4v) is 5.15. The monoisotopic (exact) mass is 380 g/mol. The molecule has 0 amide bonds. The summed E-state index contributed by atoms with van der Waals surface area (Å²) in [6.45, 7) is 5.21. The summed E-state index contributed by atoms with van der Waals surface area (Å²) in [5.41, 5.74) is -3.18. The van der Waals surface area contributed by atoms with Gasteiger partial charge in [-0.1, -0.05) is 60.7 Å². The largest absolute Gasteiger partial charge is 0.416 e. The Morgan fingerprint density at radius 1 is 0.923 bits per heavy atom. The summed E-state index contributed by atoms with van der Waals surface area (Å²) < 4.78 is 47.7. The fraction of sp³-hybridized carbons (Fsp3) is 0.400. The van der Waals surface area contributed by atoms with Gasteiger partial charge in [0.2, 0.25) is 0 Å². The molecule has 2 aromatic rings. The molecule has 0 heterocycles. The van der Waals surface area contributed by atoms with Gasteiger partial charge in [0.1, 0.15) is 5.60 Å². The van der Waals surface area contributed by atoms with Crippen molar-refractivity contribution in [3.63, 3.8) is 0 Å². The van der Waals surface area contributed by atoms with Gasteiger partial charge in [0, 0.05) is 5.92 Å². The van der Waals surface area contributed by atoms with Crippen LogP contribution in [0.4, 0.5) is 13.2 Å². The number of aliphatic hydroxyl groups is 1. The molecule has 3 rings (SSSR count). The maximum Gasteiger partial charge on any atom is 0.416 e. The van der Waals surface area contributed by atoms with Crippen LogP contribution >= 0.6 is 0 Å². The molecular formula is C20H23F3O2Si. The summed E-state index contributed by atoms with van der Waals surface area (Å²) in [4.78, 5) is 0. The summed E-state index contributed by atoms with van der Waals surface area (Å²) >= 11 is 0. The van der Waals surface area contributed by atoms with Crippen molar-refractivity contribution in [1.82, 2.24) is 0 Å². The lowest BCUT2D eigenvalue weighted by Gasteiger charge is -2.36. The molecule has 0 aromatic heterocycles. The summed E-state index contributed by atoms with van der Waals surface area (Å²) in [5, 5.41) is 11.6. The molecule has 2 aromatic carbocycles. The number of benzene rings is 2. The van der Waals surface area contributed by atoms with Gasteiger partial charge >= 0.3 is 6.18 Å². The lowest BCUT2D eigenvalue weighted by Crippen LogP contribution is -2.48.